The summed E-state index contributed by atoms with van der Waals surface area (Å²) in [4.78, 5) is 13.7. The van der Waals surface area contributed by atoms with E-state index in [0.29, 0.717) is 5.13 Å². The van der Waals surface area contributed by atoms with Gasteiger partial charge in [0.25, 0.3) is 0 Å². The van der Waals surface area contributed by atoms with Crippen molar-refractivity contribution in [3.63, 3.8) is 0 Å². The minimum atomic E-state index is 0.618. The van der Waals surface area contributed by atoms with E-state index in [4.69, 9.17) is 5.73 Å². The molecule has 3 aromatic rings. The second-order valence-electron chi connectivity index (χ2n) is 3.72. The molecule has 5 nitrogen and oxygen atoms in total. The molecule has 3 N–H and O–H groups in total. The quantitative estimate of drug-likeness (QED) is 0.765. The number of thiazole rings is 1. The van der Waals surface area contributed by atoms with Gasteiger partial charge in [0.2, 0.25) is 0 Å². The van der Waals surface area contributed by atoms with E-state index in [1.807, 2.05) is 16.8 Å². The SMILES string of the molecule is Nc1nc(CCNc2ncnc3sccc23)cs1. The van der Waals surface area contributed by atoms with Crippen LogP contribution in [0.1, 0.15) is 5.69 Å². The van der Waals surface area contributed by atoms with Crippen molar-refractivity contribution in [1.29, 1.82) is 0 Å². The monoisotopic (exact) mass is 277 g/mol. The highest BCUT2D eigenvalue weighted by atomic mass is 32.1. The van der Waals surface area contributed by atoms with Crippen molar-refractivity contribution in [3.8, 4) is 0 Å². The van der Waals surface area contributed by atoms with Gasteiger partial charge in [-0.05, 0) is 11.4 Å². The number of fused-ring (bicyclic) bond motifs is 1. The predicted octanol–water partition coefficient (Wildman–Crippen LogP) is 2.38. The molecule has 0 amide bonds. The number of hydrogen-bond donors (Lipinski definition) is 2. The van der Waals surface area contributed by atoms with Gasteiger partial charge in [0, 0.05) is 18.3 Å². The summed E-state index contributed by atoms with van der Waals surface area (Å²) in [5.74, 6) is 0.879. The molecular formula is C11H11N5S2. The Morgan fingerprint density at radius 2 is 2.22 bits per heavy atom. The molecule has 92 valence electrons. The van der Waals surface area contributed by atoms with Crippen molar-refractivity contribution < 1.29 is 0 Å². The molecule has 0 saturated carbocycles. The molecular weight excluding hydrogens is 266 g/mol. The highest BCUT2D eigenvalue weighted by Crippen LogP contribution is 2.23. The van der Waals surface area contributed by atoms with Crippen LogP contribution in [0.15, 0.2) is 23.2 Å². The molecule has 0 saturated heterocycles. The zero-order valence-electron chi connectivity index (χ0n) is 9.46. The second kappa shape index (κ2) is 4.87. The van der Waals surface area contributed by atoms with Gasteiger partial charge in [-0.2, -0.15) is 0 Å². The summed E-state index contributed by atoms with van der Waals surface area (Å²) < 4.78 is 0. The maximum Gasteiger partial charge on any atom is 0.180 e. The summed E-state index contributed by atoms with van der Waals surface area (Å²) in [6.45, 7) is 0.783. The van der Waals surface area contributed by atoms with Gasteiger partial charge in [0.05, 0.1) is 11.1 Å². The predicted molar refractivity (Wildman–Crippen MR) is 76.1 cm³/mol. The van der Waals surface area contributed by atoms with E-state index in [0.717, 1.165) is 34.7 Å². The van der Waals surface area contributed by atoms with Gasteiger partial charge in [-0.25, -0.2) is 15.0 Å². The molecule has 0 spiro atoms. The molecule has 0 unspecified atom stereocenters. The summed E-state index contributed by atoms with van der Waals surface area (Å²) >= 11 is 3.09. The second-order valence-corrected chi connectivity index (χ2v) is 5.50. The van der Waals surface area contributed by atoms with Gasteiger partial charge in [0.1, 0.15) is 17.0 Å². The number of aromatic nitrogens is 3. The molecule has 0 fully saturated rings. The standard InChI is InChI=1S/C11H11N5S2/c12-11-16-7(5-18-11)1-3-13-9-8-2-4-17-10(8)15-6-14-9/h2,4-6H,1,3H2,(H2,12,16)(H,13,14,15). The Bertz CT molecular complexity index is 660. The lowest BCUT2D eigenvalue weighted by Gasteiger charge is -2.04. The van der Waals surface area contributed by atoms with Gasteiger partial charge in [0.15, 0.2) is 5.13 Å². The number of nitrogens with one attached hydrogen (secondary N) is 1. The number of nitrogen functional groups attached to an aromatic ring is 1. The van der Waals surface area contributed by atoms with E-state index in [2.05, 4.69) is 20.3 Å². The number of nitrogens with two attached hydrogens (primary N) is 1. The van der Waals surface area contributed by atoms with Crippen LogP contribution in [0.3, 0.4) is 0 Å². The van der Waals surface area contributed by atoms with Crippen LogP contribution in [0, 0.1) is 0 Å². The Morgan fingerprint density at radius 3 is 3.06 bits per heavy atom. The number of anilines is 2. The van der Waals surface area contributed by atoms with E-state index in [-0.39, 0.29) is 0 Å². The maximum absolute atomic E-state index is 5.59. The van der Waals surface area contributed by atoms with Crippen LogP contribution in [0.2, 0.25) is 0 Å². The number of thiophene rings is 1. The third-order valence-electron chi connectivity index (χ3n) is 2.50. The summed E-state index contributed by atoms with van der Waals surface area (Å²) in [6.07, 6.45) is 2.42. The van der Waals surface area contributed by atoms with Gasteiger partial charge in [-0.15, -0.1) is 22.7 Å². The Balaban J connectivity index is 1.68. The molecule has 0 radical (unpaired) electrons. The average molecular weight is 277 g/mol. The average Bonchev–Trinajstić information content (AvgIpc) is 2.98. The van der Waals surface area contributed by atoms with Gasteiger partial charge >= 0.3 is 0 Å². The van der Waals surface area contributed by atoms with Crippen molar-refractivity contribution >= 4 is 43.8 Å². The molecule has 3 rings (SSSR count). The number of rotatable bonds is 4. The van der Waals surface area contributed by atoms with Gasteiger partial charge < -0.3 is 11.1 Å². The lowest BCUT2D eigenvalue weighted by Crippen LogP contribution is -2.07. The summed E-state index contributed by atoms with van der Waals surface area (Å²) in [7, 11) is 0. The van der Waals surface area contributed by atoms with Crippen LogP contribution < -0.4 is 11.1 Å². The Labute approximate surface area is 112 Å². The molecule has 0 aromatic carbocycles. The fourth-order valence-corrected chi connectivity index (χ4v) is 3.01. The van der Waals surface area contributed by atoms with Crippen molar-refractivity contribution in [2.45, 2.75) is 6.42 Å². The Morgan fingerprint density at radius 1 is 1.28 bits per heavy atom. The van der Waals surface area contributed by atoms with Crippen LogP contribution in [-0.4, -0.2) is 21.5 Å². The van der Waals surface area contributed by atoms with Crippen LogP contribution in [0.5, 0.6) is 0 Å². The van der Waals surface area contributed by atoms with Gasteiger partial charge in [-0.1, -0.05) is 0 Å². The largest absolute Gasteiger partial charge is 0.375 e. The van der Waals surface area contributed by atoms with E-state index in [1.54, 1.807) is 17.7 Å². The summed E-state index contributed by atoms with van der Waals surface area (Å²) in [6, 6.07) is 2.03. The highest BCUT2D eigenvalue weighted by Gasteiger charge is 2.04. The van der Waals surface area contributed by atoms with Crippen molar-refractivity contribution in [3.05, 3.63) is 28.8 Å². The van der Waals surface area contributed by atoms with E-state index >= 15 is 0 Å². The lowest BCUT2D eigenvalue weighted by atomic mass is 10.3. The first-order valence-corrected chi connectivity index (χ1v) is 7.21. The zero-order chi connectivity index (χ0) is 12.4. The third-order valence-corrected chi connectivity index (χ3v) is 4.05. The molecule has 0 atom stereocenters. The molecule has 3 aromatic heterocycles. The van der Waals surface area contributed by atoms with Crippen LogP contribution in [0.25, 0.3) is 10.2 Å². The molecule has 0 aliphatic rings. The molecule has 0 aliphatic heterocycles. The normalized spacial score (nSPS) is 10.9. The molecule has 3 heterocycles. The van der Waals surface area contributed by atoms with Crippen molar-refractivity contribution in [2.75, 3.05) is 17.6 Å². The Kier molecular flexibility index (Phi) is 3.07. The fourth-order valence-electron chi connectivity index (χ4n) is 1.68. The lowest BCUT2D eigenvalue weighted by molar-refractivity contribution is 0.971. The maximum atomic E-state index is 5.59. The highest BCUT2D eigenvalue weighted by molar-refractivity contribution is 7.16. The van der Waals surface area contributed by atoms with Crippen LogP contribution >= 0.6 is 22.7 Å². The smallest absolute Gasteiger partial charge is 0.180 e. The van der Waals surface area contributed by atoms with E-state index < -0.39 is 0 Å². The van der Waals surface area contributed by atoms with Gasteiger partial charge in [-0.3, -0.25) is 0 Å². The minimum absolute atomic E-state index is 0.618. The van der Waals surface area contributed by atoms with Crippen molar-refractivity contribution in [1.82, 2.24) is 15.0 Å². The number of hydrogen-bond acceptors (Lipinski definition) is 7. The first-order valence-electron chi connectivity index (χ1n) is 5.45. The molecule has 0 bridgehead atoms. The zero-order valence-corrected chi connectivity index (χ0v) is 11.1. The van der Waals surface area contributed by atoms with Crippen molar-refractivity contribution in [2.24, 2.45) is 0 Å². The van der Waals surface area contributed by atoms with Crippen LogP contribution in [-0.2, 0) is 6.42 Å². The topological polar surface area (TPSA) is 76.7 Å². The van der Waals surface area contributed by atoms with E-state index in [1.165, 1.54) is 11.3 Å². The first kappa shape index (κ1) is 11.4. The molecule has 18 heavy (non-hydrogen) atoms. The summed E-state index contributed by atoms with van der Waals surface area (Å²) in [5.41, 5.74) is 6.60. The minimum Gasteiger partial charge on any atom is -0.375 e. The van der Waals surface area contributed by atoms with E-state index in [9.17, 15) is 0 Å². The Hall–Kier alpha value is -1.73. The third kappa shape index (κ3) is 2.27. The van der Waals surface area contributed by atoms with Crippen LogP contribution in [0.4, 0.5) is 10.9 Å². The number of nitrogens with zero attached hydrogens (tertiary/aromatic N) is 3. The first-order chi connectivity index (χ1) is 8.83. The fraction of sp³-hybridized carbons (Fsp3) is 0.182. The summed E-state index contributed by atoms with van der Waals surface area (Å²) in [5, 5.41) is 9.00. The molecule has 0 aliphatic carbocycles. The molecule has 7 heteroatoms.